The Labute approximate surface area is 205 Å². The Morgan fingerprint density at radius 2 is 1.80 bits per heavy atom. The lowest BCUT2D eigenvalue weighted by molar-refractivity contribution is -0.301. The second-order valence-electron chi connectivity index (χ2n) is 9.60. The number of carbonyl (C=O) groups is 1. The highest BCUT2D eigenvalue weighted by molar-refractivity contribution is 5.85. The summed E-state index contributed by atoms with van der Waals surface area (Å²) < 4.78 is 10.9. The van der Waals surface area contributed by atoms with E-state index in [9.17, 15) is 25.2 Å². The molecule has 1 saturated heterocycles. The maximum Gasteiger partial charge on any atom is 0.335 e. The van der Waals surface area contributed by atoms with Crippen molar-refractivity contribution in [3.8, 4) is 11.8 Å². The quantitative estimate of drug-likeness (QED) is 0.333. The van der Waals surface area contributed by atoms with Crippen molar-refractivity contribution in [1.29, 1.82) is 0 Å². The zero-order chi connectivity index (χ0) is 25.6. The van der Waals surface area contributed by atoms with E-state index >= 15 is 0 Å². The van der Waals surface area contributed by atoms with Gasteiger partial charge in [0.05, 0.1) is 0 Å². The molecule has 1 fully saturated rings. The Balaban J connectivity index is 1.76. The van der Waals surface area contributed by atoms with Gasteiger partial charge in [-0.05, 0) is 43.2 Å². The van der Waals surface area contributed by atoms with Crippen LogP contribution in [0.2, 0.25) is 0 Å². The number of aliphatic hydroxyl groups excluding tert-OH is 3. The number of aliphatic hydroxyl groups is 3. The number of hydrogen-bond acceptors (Lipinski definition) is 7. The van der Waals surface area contributed by atoms with Crippen LogP contribution in [0.1, 0.15) is 26.3 Å². The van der Waals surface area contributed by atoms with Gasteiger partial charge in [0.1, 0.15) is 25.0 Å². The van der Waals surface area contributed by atoms with E-state index in [0.717, 1.165) is 16.3 Å². The van der Waals surface area contributed by atoms with Gasteiger partial charge < -0.3 is 29.9 Å². The lowest BCUT2D eigenvalue weighted by Gasteiger charge is -2.39. The molecular weight excluding hydrogens is 450 g/mol. The molecule has 3 rings (SSSR count). The molecule has 0 unspecified atom stereocenters. The van der Waals surface area contributed by atoms with Gasteiger partial charge in [0, 0.05) is 18.5 Å². The number of ether oxygens (including phenoxy) is 2. The number of hydrogen-bond donors (Lipinski definition) is 4. The zero-order valence-electron chi connectivity index (χ0n) is 20.2. The van der Waals surface area contributed by atoms with Crippen molar-refractivity contribution < 1.29 is 34.7 Å². The van der Waals surface area contributed by atoms with Gasteiger partial charge in [0.25, 0.3) is 0 Å². The predicted molar refractivity (Wildman–Crippen MR) is 131 cm³/mol. The first-order chi connectivity index (χ1) is 16.6. The van der Waals surface area contributed by atoms with E-state index in [-0.39, 0.29) is 12.1 Å². The molecule has 0 amide bonds. The third kappa shape index (κ3) is 7.36. The molecule has 8 nitrogen and oxygen atoms in total. The predicted octanol–water partition coefficient (Wildman–Crippen LogP) is 2.11. The summed E-state index contributed by atoms with van der Waals surface area (Å²) in [6.45, 7) is 7.00. The Morgan fingerprint density at radius 3 is 2.51 bits per heavy atom. The molecule has 0 aromatic heterocycles. The van der Waals surface area contributed by atoms with E-state index in [0.29, 0.717) is 13.1 Å². The minimum absolute atomic E-state index is 0.0306. The van der Waals surface area contributed by atoms with Crippen LogP contribution >= 0.6 is 0 Å². The van der Waals surface area contributed by atoms with Gasteiger partial charge in [0.2, 0.25) is 0 Å². The summed E-state index contributed by atoms with van der Waals surface area (Å²) in [7, 11) is 0. The first-order valence-corrected chi connectivity index (χ1v) is 11.5. The largest absolute Gasteiger partial charge is 0.479 e. The summed E-state index contributed by atoms with van der Waals surface area (Å²) >= 11 is 0. The maximum atomic E-state index is 11.4. The van der Waals surface area contributed by atoms with Crippen LogP contribution in [0.4, 0.5) is 0 Å². The summed E-state index contributed by atoms with van der Waals surface area (Å²) in [5.74, 6) is 4.71. The summed E-state index contributed by atoms with van der Waals surface area (Å²) in [4.78, 5) is 13.3. The monoisotopic (exact) mass is 483 g/mol. The molecule has 1 aliphatic rings. The van der Waals surface area contributed by atoms with E-state index in [1.807, 2.05) is 74.2 Å². The van der Waals surface area contributed by atoms with Gasteiger partial charge in [-0.1, -0.05) is 60.4 Å². The number of nitrogens with zero attached hydrogens (tertiary/aromatic N) is 1. The summed E-state index contributed by atoms with van der Waals surface area (Å²) in [5, 5.41) is 41.7. The summed E-state index contributed by atoms with van der Waals surface area (Å²) in [6.07, 6.45) is -4.55. The van der Waals surface area contributed by atoms with Crippen LogP contribution in [0.25, 0.3) is 10.8 Å². The SMILES string of the molecule is CC(C)(C)C#C/C=C/CN(CO[C@@H]1O[C@H](C(=O)O)[C@@H](O)[C@H](O)[C@H]1O)Cc1cccc2ccccc12. The van der Waals surface area contributed by atoms with Crippen LogP contribution in [-0.4, -0.2) is 75.3 Å². The average Bonchev–Trinajstić information content (AvgIpc) is 2.80. The molecule has 0 bridgehead atoms. The van der Waals surface area contributed by atoms with E-state index in [2.05, 4.69) is 11.8 Å². The van der Waals surface area contributed by atoms with Crippen molar-refractivity contribution in [2.45, 2.75) is 58.0 Å². The van der Waals surface area contributed by atoms with E-state index in [1.165, 1.54) is 0 Å². The van der Waals surface area contributed by atoms with Crippen molar-refractivity contribution in [2.24, 2.45) is 5.41 Å². The van der Waals surface area contributed by atoms with Crippen molar-refractivity contribution in [1.82, 2.24) is 4.90 Å². The highest BCUT2D eigenvalue weighted by Crippen LogP contribution is 2.24. The molecule has 1 aliphatic heterocycles. The van der Waals surface area contributed by atoms with Crippen LogP contribution < -0.4 is 0 Å². The van der Waals surface area contributed by atoms with Crippen molar-refractivity contribution in [3.05, 3.63) is 60.2 Å². The fraction of sp³-hybridized carbons (Fsp3) is 0.444. The molecule has 35 heavy (non-hydrogen) atoms. The Morgan fingerprint density at radius 1 is 1.09 bits per heavy atom. The molecule has 2 aromatic carbocycles. The first kappa shape index (κ1) is 26.8. The molecule has 4 N–H and O–H groups in total. The minimum Gasteiger partial charge on any atom is -0.479 e. The zero-order valence-corrected chi connectivity index (χ0v) is 20.2. The van der Waals surface area contributed by atoms with Crippen LogP contribution in [0.3, 0.4) is 0 Å². The van der Waals surface area contributed by atoms with Crippen LogP contribution in [0.5, 0.6) is 0 Å². The molecule has 2 aromatic rings. The molecule has 188 valence electrons. The van der Waals surface area contributed by atoms with Gasteiger partial charge in [-0.2, -0.15) is 0 Å². The molecular formula is C27H33NO7. The number of carboxylic acid groups (broad SMARTS) is 1. The normalized spacial score (nSPS) is 25.1. The third-order valence-electron chi connectivity index (χ3n) is 5.52. The lowest BCUT2D eigenvalue weighted by atomic mass is 9.98. The maximum absolute atomic E-state index is 11.4. The standard InChI is InChI=1S/C27H33NO7/c1-27(2,3)14-7-4-8-15-28(16-19-12-9-11-18-10-5-6-13-20(18)19)17-34-26-23(31)21(29)22(30)24(35-26)25(32)33/h4-6,8-13,21-24,26,29-31H,15-17H2,1-3H3,(H,32,33)/b8-4+/t21-,22-,23+,24-,26+/m0/s1. The molecule has 0 spiro atoms. The second-order valence-corrected chi connectivity index (χ2v) is 9.60. The summed E-state index contributed by atoms with van der Waals surface area (Å²) in [5.41, 5.74) is 0.946. The first-order valence-electron chi connectivity index (χ1n) is 11.5. The minimum atomic E-state index is -1.77. The van der Waals surface area contributed by atoms with Gasteiger partial charge in [-0.15, -0.1) is 0 Å². The Bertz CT molecular complexity index is 1090. The van der Waals surface area contributed by atoms with Gasteiger partial charge in [0.15, 0.2) is 12.4 Å². The molecule has 8 heteroatoms. The van der Waals surface area contributed by atoms with E-state index < -0.39 is 36.7 Å². The highest BCUT2D eigenvalue weighted by atomic mass is 16.7. The van der Waals surface area contributed by atoms with Crippen molar-refractivity contribution >= 4 is 16.7 Å². The number of benzene rings is 2. The fourth-order valence-corrected chi connectivity index (χ4v) is 3.72. The van der Waals surface area contributed by atoms with Crippen molar-refractivity contribution in [2.75, 3.05) is 13.3 Å². The molecule has 1 heterocycles. The highest BCUT2D eigenvalue weighted by Gasteiger charge is 2.47. The Kier molecular flexibility index (Phi) is 9.03. The number of aliphatic carboxylic acids is 1. The average molecular weight is 484 g/mol. The molecule has 0 radical (unpaired) electrons. The van der Waals surface area contributed by atoms with Gasteiger partial charge in [-0.25, -0.2) is 4.79 Å². The van der Waals surface area contributed by atoms with Gasteiger partial charge >= 0.3 is 5.97 Å². The number of carboxylic acids is 1. The topological polar surface area (TPSA) is 120 Å². The van der Waals surface area contributed by atoms with E-state index in [4.69, 9.17) is 9.47 Å². The number of rotatable bonds is 8. The summed E-state index contributed by atoms with van der Waals surface area (Å²) in [6, 6.07) is 14.1. The number of allylic oxidation sites excluding steroid dienone is 1. The lowest BCUT2D eigenvalue weighted by Crippen LogP contribution is -2.60. The van der Waals surface area contributed by atoms with E-state index in [1.54, 1.807) is 6.08 Å². The number of fused-ring (bicyclic) bond motifs is 1. The van der Waals surface area contributed by atoms with Crippen LogP contribution in [0, 0.1) is 17.3 Å². The second kappa shape index (κ2) is 11.8. The van der Waals surface area contributed by atoms with Gasteiger partial charge in [-0.3, -0.25) is 4.90 Å². The molecule has 0 aliphatic carbocycles. The fourth-order valence-electron chi connectivity index (χ4n) is 3.72. The smallest absolute Gasteiger partial charge is 0.335 e. The molecule has 0 saturated carbocycles. The molecule has 5 atom stereocenters. The Hall–Kier alpha value is -2.77. The van der Waals surface area contributed by atoms with Crippen LogP contribution in [0.15, 0.2) is 54.6 Å². The van der Waals surface area contributed by atoms with Crippen molar-refractivity contribution in [3.63, 3.8) is 0 Å². The third-order valence-corrected chi connectivity index (χ3v) is 5.52. The van der Waals surface area contributed by atoms with Crippen LogP contribution in [-0.2, 0) is 20.8 Å².